The maximum absolute atomic E-state index is 12.2. The van der Waals surface area contributed by atoms with Crippen LogP contribution >= 0.6 is 11.6 Å². The summed E-state index contributed by atoms with van der Waals surface area (Å²) in [6.45, 7) is 11.4. The minimum Gasteiger partial charge on any atom is -0.479 e. The molecule has 0 spiro atoms. The van der Waals surface area contributed by atoms with Gasteiger partial charge in [-0.3, -0.25) is 9.69 Å². The quantitative estimate of drug-likeness (QED) is 0.751. The van der Waals surface area contributed by atoms with Crippen LogP contribution in [0.2, 0.25) is 5.02 Å². The van der Waals surface area contributed by atoms with Crippen molar-refractivity contribution >= 4 is 17.5 Å². The first-order valence-electron chi connectivity index (χ1n) is 8.93. The maximum atomic E-state index is 12.2. The van der Waals surface area contributed by atoms with Gasteiger partial charge in [0.05, 0.1) is 17.2 Å². The van der Waals surface area contributed by atoms with Crippen LogP contribution in [-0.2, 0) is 9.53 Å². The van der Waals surface area contributed by atoms with Crippen molar-refractivity contribution in [1.82, 2.24) is 10.2 Å². The van der Waals surface area contributed by atoms with Crippen LogP contribution in [0.1, 0.15) is 32.8 Å². The Morgan fingerprint density at radius 1 is 1.40 bits per heavy atom. The van der Waals surface area contributed by atoms with Gasteiger partial charge in [-0.15, -0.1) is 0 Å². The number of hydrogen-bond donors (Lipinski definition) is 1. The maximum Gasteiger partial charge on any atom is 0.260 e. The van der Waals surface area contributed by atoms with Gasteiger partial charge in [-0.25, -0.2) is 0 Å². The standard InChI is InChI=1S/C19H29ClN2O3/c1-13-6-7-17(20)18(10-13)25-16(4)19(23)21-8-5-9-22-11-14(2)24-15(3)12-22/h6-7,10,14-16H,5,8-9,11-12H2,1-4H3,(H,21,23). The molecule has 1 amide bonds. The lowest BCUT2D eigenvalue weighted by Crippen LogP contribution is -2.46. The molecule has 0 radical (unpaired) electrons. The average molecular weight is 369 g/mol. The van der Waals surface area contributed by atoms with E-state index in [1.165, 1.54) is 0 Å². The van der Waals surface area contributed by atoms with Crippen molar-refractivity contribution in [2.75, 3.05) is 26.2 Å². The summed E-state index contributed by atoms with van der Waals surface area (Å²) in [7, 11) is 0. The number of nitrogens with one attached hydrogen (secondary N) is 1. The number of halogens is 1. The summed E-state index contributed by atoms with van der Waals surface area (Å²) in [5.41, 5.74) is 1.04. The molecule has 1 aliphatic rings. The third kappa shape index (κ3) is 6.49. The number of morpholine rings is 1. The second kappa shape index (κ2) is 9.41. The van der Waals surface area contributed by atoms with Crippen molar-refractivity contribution in [3.8, 4) is 5.75 Å². The average Bonchev–Trinajstić information content (AvgIpc) is 2.54. The largest absolute Gasteiger partial charge is 0.479 e. The molecule has 1 aliphatic heterocycles. The number of nitrogens with zero attached hydrogens (tertiary/aromatic N) is 1. The minimum atomic E-state index is -0.581. The SMILES string of the molecule is Cc1ccc(Cl)c(OC(C)C(=O)NCCCN2CC(C)OC(C)C2)c1. The van der Waals surface area contributed by atoms with Gasteiger partial charge >= 0.3 is 0 Å². The Morgan fingerprint density at radius 3 is 2.76 bits per heavy atom. The van der Waals surface area contributed by atoms with Gasteiger partial charge in [-0.2, -0.15) is 0 Å². The lowest BCUT2D eigenvalue weighted by molar-refractivity contribution is -0.127. The van der Waals surface area contributed by atoms with Crippen molar-refractivity contribution in [2.45, 2.75) is 52.4 Å². The minimum absolute atomic E-state index is 0.124. The van der Waals surface area contributed by atoms with Crippen molar-refractivity contribution in [2.24, 2.45) is 0 Å². The Labute approximate surface area is 155 Å². The van der Waals surface area contributed by atoms with E-state index >= 15 is 0 Å². The zero-order valence-corrected chi connectivity index (χ0v) is 16.3. The number of amides is 1. The Hall–Kier alpha value is -1.30. The van der Waals surface area contributed by atoms with Crippen LogP contribution in [0.3, 0.4) is 0 Å². The molecule has 3 unspecified atom stereocenters. The van der Waals surface area contributed by atoms with Gasteiger partial charge in [0.25, 0.3) is 5.91 Å². The molecule has 0 aliphatic carbocycles. The van der Waals surface area contributed by atoms with Gasteiger partial charge < -0.3 is 14.8 Å². The molecule has 25 heavy (non-hydrogen) atoms. The van der Waals surface area contributed by atoms with Gasteiger partial charge in [0.15, 0.2) is 6.10 Å². The Kier molecular flexibility index (Phi) is 7.54. The van der Waals surface area contributed by atoms with Gasteiger partial charge in [-0.05, 0) is 51.8 Å². The normalized spacial score (nSPS) is 22.4. The molecule has 0 saturated carbocycles. The Bertz CT molecular complexity index is 572. The molecule has 1 aromatic carbocycles. The Balaban J connectivity index is 1.70. The van der Waals surface area contributed by atoms with E-state index in [2.05, 4.69) is 24.1 Å². The molecule has 3 atom stereocenters. The first-order valence-corrected chi connectivity index (χ1v) is 9.31. The molecule has 6 heteroatoms. The predicted octanol–water partition coefficient (Wildman–Crippen LogP) is 3.03. The van der Waals surface area contributed by atoms with Crippen LogP contribution < -0.4 is 10.1 Å². The number of carbonyl (C=O) groups is 1. The second-order valence-corrected chi connectivity index (χ2v) is 7.26. The highest BCUT2D eigenvalue weighted by Crippen LogP contribution is 2.26. The highest BCUT2D eigenvalue weighted by Gasteiger charge is 2.21. The highest BCUT2D eigenvalue weighted by molar-refractivity contribution is 6.32. The monoisotopic (exact) mass is 368 g/mol. The first-order chi connectivity index (χ1) is 11.8. The molecule has 0 aromatic heterocycles. The molecule has 5 nitrogen and oxygen atoms in total. The first kappa shape index (κ1) is 20.0. The lowest BCUT2D eigenvalue weighted by Gasteiger charge is -2.35. The van der Waals surface area contributed by atoms with Crippen LogP contribution in [0.15, 0.2) is 18.2 Å². The van der Waals surface area contributed by atoms with Crippen molar-refractivity contribution in [3.63, 3.8) is 0 Å². The smallest absolute Gasteiger partial charge is 0.260 e. The summed E-state index contributed by atoms with van der Waals surface area (Å²) < 4.78 is 11.4. The zero-order chi connectivity index (χ0) is 18.4. The van der Waals surface area contributed by atoms with E-state index < -0.39 is 6.10 Å². The van der Waals surface area contributed by atoms with E-state index in [1.54, 1.807) is 13.0 Å². The molecule has 1 N–H and O–H groups in total. The van der Waals surface area contributed by atoms with Crippen molar-refractivity contribution in [3.05, 3.63) is 28.8 Å². The van der Waals surface area contributed by atoms with Crippen molar-refractivity contribution < 1.29 is 14.3 Å². The van der Waals surface area contributed by atoms with Crippen LogP contribution in [0.4, 0.5) is 0 Å². The predicted molar refractivity (Wildman–Crippen MR) is 100 cm³/mol. The van der Waals surface area contributed by atoms with E-state index in [-0.39, 0.29) is 18.1 Å². The van der Waals surface area contributed by atoms with Crippen LogP contribution in [0.5, 0.6) is 5.75 Å². The molecule has 1 saturated heterocycles. The van der Waals surface area contributed by atoms with Gasteiger partial charge in [0.1, 0.15) is 5.75 Å². The van der Waals surface area contributed by atoms with E-state index in [0.717, 1.165) is 31.6 Å². The van der Waals surface area contributed by atoms with Crippen LogP contribution in [0, 0.1) is 6.92 Å². The van der Waals surface area contributed by atoms with E-state index in [1.807, 2.05) is 19.1 Å². The number of rotatable bonds is 7. The van der Waals surface area contributed by atoms with Crippen molar-refractivity contribution in [1.29, 1.82) is 0 Å². The van der Waals surface area contributed by atoms with Crippen LogP contribution in [-0.4, -0.2) is 55.3 Å². The molecule has 0 bridgehead atoms. The molecule has 1 fully saturated rings. The summed E-state index contributed by atoms with van der Waals surface area (Å²) in [5, 5.41) is 3.45. The van der Waals surface area contributed by atoms with E-state index in [9.17, 15) is 4.79 Å². The summed E-state index contributed by atoms with van der Waals surface area (Å²) >= 11 is 6.11. The molecular formula is C19H29ClN2O3. The zero-order valence-electron chi connectivity index (χ0n) is 15.5. The molecule has 2 rings (SSSR count). The number of ether oxygens (including phenoxy) is 2. The Morgan fingerprint density at radius 2 is 2.08 bits per heavy atom. The van der Waals surface area contributed by atoms with E-state index in [0.29, 0.717) is 17.3 Å². The summed E-state index contributed by atoms with van der Waals surface area (Å²) in [6.07, 6.45) is 0.864. The second-order valence-electron chi connectivity index (χ2n) is 6.86. The van der Waals surface area contributed by atoms with Crippen LogP contribution in [0.25, 0.3) is 0 Å². The fourth-order valence-corrected chi connectivity index (χ4v) is 3.23. The fourth-order valence-electron chi connectivity index (χ4n) is 3.07. The van der Waals surface area contributed by atoms with Gasteiger partial charge in [0, 0.05) is 26.2 Å². The molecule has 1 heterocycles. The molecule has 1 aromatic rings. The fraction of sp³-hybridized carbons (Fsp3) is 0.632. The van der Waals surface area contributed by atoms with Gasteiger partial charge in [-0.1, -0.05) is 17.7 Å². The number of benzene rings is 1. The topological polar surface area (TPSA) is 50.8 Å². The third-order valence-electron chi connectivity index (χ3n) is 4.21. The molecule has 140 valence electrons. The number of carbonyl (C=O) groups excluding carboxylic acids is 1. The summed E-state index contributed by atoms with van der Waals surface area (Å²) in [5.74, 6) is 0.418. The van der Waals surface area contributed by atoms with Gasteiger partial charge in [0.2, 0.25) is 0 Å². The number of aryl methyl sites for hydroxylation is 1. The summed E-state index contributed by atoms with van der Waals surface area (Å²) in [6, 6.07) is 5.53. The van der Waals surface area contributed by atoms with E-state index in [4.69, 9.17) is 21.1 Å². The lowest BCUT2D eigenvalue weighted by atomic mass is 10.2. The number of hydrogen-bond acceptors (Lipinski definition) is 4. The highest BCUT2D eigenvalue weighted by atomic mass is 35.5. The molecular weight excluding hydrogens is 340 g/mol. The third-order valence-corrected chi connectivity index (χ3v) is 4.52. The summed E-state index contributed by atoms with van der Waals surface area (Å²) in [4.78, 5) is 14.6.